The van der Waals surface area contributed by atoms with Crippen molar-refractivity contribution in [3.8, 4) is 0 Å². The molecule has 1 fully saturated rings. The van der Waals surface area contributed by atoms with Gasteiger partial charge in [0, 0.05) is 5.56 Å². The summed E-state index contributed by atoms with van der Waals surface area (Å²) in [5, 5.41) is 18.7. The molecule has 7 N–H and O–H groups in total. The first kappa shape index (κ1) is 28.1. The number of rotatable bonds is 9. The van der Waals surface area contributed by atoms with Crippen molar-refractivity contribution < 1.29 is 42.6 Å². The van der Waals surface area contributed by atoms with Crippen molar-refractivity contribution in [1.29, 1.82) is 0 Å². The summed E-state index contributed by atoms with van der Waals surface area (Å²) in [6.07, 6.45) is -2.22. The quantitative estimate of drug-likeness (QED) is 0.160. The van der Waals surface area contributed by atoms with E-state index in [0.29, 0.717) is 16.6 Å². The maximum Gasteiger partial charge on any atom is 0.340 e. The zero-order chi connectivity index (χ0) is 27.1. The van der Waals surface area contributed by atoms with Gasteiger partial charge in [-0.1, -0.05) is 29.8 Å². The van der Waals surface area contributed by atoms with Crippen molar-refractivity contribution in [2.75, 3.05) is 17.8 Å². The number of aliphatic hydroxyl groups is 1. The van der Waals surface area contributed by atoms with Crippen LogP contribution in [0.5, 0.6) is 0 Å². The third kappa shape index (κ3) is 6.37. The Balaban J connectivity index is 1.56. The number of fused-ring (bicyclic) bond motifs is 1. The van der Waals surface area contributed by atoms with Gasteiger partial charge >= 0.3 is 15.2 Å². The SMILES string of the molecule is CC(Nc1cc(Cl)nc2c1cnn2C1O[C@H](COP(=O)(O)CP(=O)(O)O)[C@@H](N)[C@H]1O)c1ccccc1F. The average molecular weight is 580 g/mol. The van der Waals surface area contributed by atoms with E-state index in [4.69, 9.17) is 36.4 Å². The fourth-order valence-corrected chi connectivity index (χ4v) is 6.77. The van der Waals surface area contributed by atoms with E-state index in [1.807, 2.05) is 0 Å². The number of halogens is 2. The molecular weight excluding hydrogens is 555 g/mol. The topological polar surface area (TPSA) is 202 Å². The predicted octanol–water partition coefficient (Wildman–Crippen LogP) is 2.32. The van der Waals surface area contributed by atoms with Crippen LogP contribution in [0.3, 0.4) is 0 Å². The van der Waals surface area contributed by atoms with Gasteiger partial charge in [0.2, 0.25) is 0 Å². The molecule has 17 heteroatoms. The van der Waals surface area contributed by atoms with Gasteiger partial charge < -0.3 is 40.1 Å². The Morgan fingerprint density at radius 1 is 1.32 bits per heavy atom. The summed E-state index contributed by atoms with van der Waals surface area (Å²) in [6, 6.07) is 6.30. The summed E-state index contributed by atoms with van der Waals surface area (Å²) in [5.74, 6) is -1.76. The van der Waals surface area contributed by atoms with Gasteiger partial charge in [-0.2, -0.15) is 5.10 Å². The minimum Gasteiger partial charge on any atom is -0.387 e. The van der Waals surface area contributed by atoms with Crippen LogP contribution in [0.4, 0.5) is 10.1 Å². The first-order valence-corrected chi connectivity index (χ1v) is 14.8. The molecule has 4 rings (SSSR count). The molecule has 1 saturated heterocycles. The van der Waals surface area contributed by atoms with Gasteiger partial charge in [-0.3, -0.25) is 9.13 Å². The van der Waals surface area contributed by atoms with Crippen LogP contribution in [0.2, 0.25) is 5.15 Å². The monoisotopic (exact) mass is 579 g/mol. The highest BCUT2D eigenvalue weighted by molar-refractivity contribution is 7.70. The Morgan fingerprint density at radius 2 is 2.03 bits per heavy atom. The molecule has 1 aliphatic heterocycles. The maximum atomic E-state index is 14.2. The van der Waals surface area contributed by atoms with E-state index in [0.717, 1.165) is 0 Å². The predicted molar refractivity (Wildman–Crippen MR) is 132 cm³/mol. The molecule has 0 amide bonds. The number of pyridine rings is 1. The van der Waals surface area contributed by atoms with Gasteiger partial charge in [-0.05, 0) is 19.1 Å². The lowest BCUT2D eigenvalue weighted by molar-refractivity contribution is -0.0528. The number of benzene rings is 1. The second kappa shape index (κ2) is 10.7. The van der Waals surface area contributed by atoms with E-state index >= 15 is 0 Å². The highest BCUT2D eigenvalue weighted by Crippen LogP contribution is 2.55. The van der Waals surface area contributed by atoms with E-state index in [9.17, 15) is 23.5 Å². The van der Waals surface area contributed by atoms with Gasteiger partial charge in [-0.25, -0.2) is 14.1 Å². The van der Waals surface area contributed by atoms with Gasteiger partial charge in [0.1, 0.15) is 23.2 Å². The molecule has 3 aromatic rings. The summed E-state index contributed by atoms with van der Waals surface area (Å²) in [7, 11) is -9.47. The molecule has 0 radical (unpaired) electrons. The Bertz CT molecular complexity index is 1390. The van der Waals surface area contributed by atoms with Gasteiger partial charge in [0.05, 0.1) is 36.0 Å². The second-order valence-corrected chi connectivity index (χ2v) is 13.0. The van der Waals surface area contributed by atoms with Gasteiger partial charge in [-0.15, -0.1) is 0 Å². The number of aromatic nitrogens is 3. The fraction of sp³-hybridized carbons (Fsp3) is 0.400. The number of hydrogen-bond donors (Lipinski definition) is 6. The smallest absolute Gasteiger partial charge is 0.340 e. The lowest BCUT2D eigenvalue weighted by Crippen LogP contribution is -2.41. The summed E-state index contributed by atoms with van der Waals surface area (Å²) >= 11 is 6.23. The van der Waals surface area contributed by atoms with Crippen LogP contribution in [0.1, 0.15) is 24.8 Å². The van der Waals surface area contributed by atoms with Crippen molar-refractivity contribution in [2.45, 2.75) is 37.4 Å². The van der Waals surface area contributed by atoms with E-state index in [1.165, 1.54) is 16.9 Å². The van der Waals surface area contributed by atoms with E-state index < -0.39 is 58.2 Å². The number of nitrogens with two attached hydrogens (primary N) is 1. The van der Waals surface area contributed by atoms with Gasteiger partial charge in [0.25, 0.3) is 0 Å². The molecule has 1 aliphatic rings. The Morgan fingerprint density at radius 3 is 2.70 bits per heavy atom. The van der Waals surface area contributed by atoms with Crippen molar-refractivity contribution >= 4 is 43.5 Å². The standard InChI is InChI=1S/C20H25ClFN5O8P2/c1-10(11-4-2-3-5-13(11)22)25-14-6-16(21)26-19-12(14)7-24-27(19)20-18(28)17(23)15(35-20)8-34-37(32,33)9-36(29,30)31/h2-7,10,15,17-18,20,28H,8-9,23H2,1H3,(H,25,26)(H,32,33)(H2,29,30,31)/t10?,15-,17-,18-,20?/m1/s1. The Kier molecular flexibility index (Phi) is 8.08. The molecule has 0 saturated carbocycles. The maximum absolute atomic E-state index is 14.2. The fourth-order valence-electron chi connectivity index (χ4n) is 4.01. The van der Waals surface area contributed by atoms with Crippen molar-refractivity contribution in [3.63, 3.8) is 0 Å². The first-order valence-electron chi connectivity index (χ1n) is 10.9. The van der Waals surface area contributed by atoms with E-state index in [1.54, 1.807) is 31.2 Å². The van der Waals surface area contributed by atoms with Crippen molar-refractivity contribution in [2.24, 2.45) is 5.73 Å². The molecule has 1 aromatic carbocycles. The largest absolute Gasteiger partial charge is 0.387 e. The van der Waals surface area contributed by atoms with Gasteiger partial charge in [0.15, 0.2) is 17.8 Å². The first-order chi connectivity index (χ1) is 17.3. The molecule has 0 aliphatic carbocycles. The molecule has 3 unspecified atom stereocenters. The van der Waals surface area contributed by atoms with Crippen LogP contribution in [-0.4, -0.2) is 65.3 Å². The highest BCUT2D eigenvalue weighted by Gasteiger charge is 2.45. The lowest BCUT2D eigenvalue weighted by Gasteiger charge is -2.19. The third-order valence-electron chi connectivity index (χ3n) is 5.75. The average Bonchev–Trinajstić information content (AvgIpc) is 3.32. The van der Waals surface area contributed by atoms with Crippen LogP contribution in [-0.2, 0) is 18.4 Å². The Labute approximate surface area is 215 Å². The third-order valence-corrected chi connectivity index (χ3v) is 9.40. The van der Waals surface area contributed by atoms with Crippen LogP contribution in [0.25, 0.3) is 11.0 Å². The number of nitrogens with zero attached hydrogens (tertiary/aromatic N) is 3. The molecule has 6 atom stereocenters. The summed E-state index contributed by atoms with van der Waals surface area (Å²) in [6.45, 7) is 1.14. The molecule has 0 spiro atoms. The van der Waals surface area contributed by atoms with Crippen LogP contribution in [0.15, 0.2) is 36.5 Å². The number of nitrogens with one attached hydrogen (secondary N) is 1. The summed E-state index contributed by atoms with van der Waals surface area (Å²) in [5.41, 5.74) is 7.14. The zero-order valence-electron chi connectivity index (χ0n) is 19.3. The number of aliphatic hydroxyl groups excluding tert-OH is 1. The number of anilines is 1. The summed E-state index contributed by atoms with van der Waals surface area (Å²) in [4.78, 5) is 31.8. The van der Waals surface area contributed by atoms with Crippen LogP contribution >= 0.6 is 26.8 Å². The van der Waals surface area contributed by atoms with E-state index in [-0.39, 0.29) is 16.6 Å². The molecule has 13 nitrogen and oxygen atoms in total. The minimum atomic E-state index is -4.82. The molecular formula is C20H25ClFN5O8P2. The highest BCUT2D eigenvalue weighted by atomic mass is 35.5. The zero-order valence-corrected chi connectivity index (χ0v) is 21.8. The molecule has 202 valence electrons. The van der Waals surface area contributed by atoms with Crippen molar-refractivity contribution in [3.05, 3.63) is 53.1 Å². The summed E-state index contributed by atoms with van der Waals surface area (Å²) < 4.78 is 49.0. The van der Waals surface area contributed by atoms with Crippen LogP contribution in [0, 0.1) is 5.82 Å². The Hall–Kier alpha value is -1.96. The lowest BCUT2D eigenvalue weighted by atomic mass is 10.1. The number of hydrogen-bond acceptors (Lipinski definition) is 9. The van der Waals surface area contributed by atoms with Crippen molar-refractivity contribution in [1.82, 2.24) is 14.8 Å². The normalized spacial score (nSPS) is 24.8. The van der Waals surface area contributed by atoms with Crippen LogP contribution < -0.4 is 11.1 Å². The molecule has 37 heavy (non-hydrogen) atoms. The molecule has 0 bridgehead atoms. The van der Waals surface area contributed by atoms with E-state index in [2.05, 4.69) is 15.4 Å². The minimum absolute atomic E-state index is 0.0767. The second-order valence-electron chi connectivity index (χ2n) is 8.58. The molecule has 2 aromatic heterocycles. The molecule has 3 heterocycles. The number of ether oxygens (including phenoxy) is 1.